The van der Waals surface area contributed by atoms with Crippen molar-refractivity contribution in [2.45, 2.75) is 26.4 Å². The van der Waals surface area contributed by atoms with Gasteiger partial charge in [-0.3, -0.25) is 0 Å². The van der Waals surface area contributed by atoms with Crippen LogP contribution in [0.2, 0.25) is 0 Å². The molecule has 0 spiro atoms. The molecular formula is C15H20N4O2. The van der Waals surface area contributed by atoms with Gasteiger partial charge in [-0.1, -0.05) is 26.0 Å². The minimum Gasteiger partial charge on any atom is -0.439 e. The Hall–Kier alpha value is -2.18. The maximum atomic E-state index is 5.90. The van der Waals surface area contributed by atoms with Gasteiger partial charge in [0.05, 0.1) is 12.2 Å². The Labute approximate surface area is 124 Å². The van der Waals surface area contributed by atoms with Gasteiger partial charge in [-0.15, -0.1) is 0 Å². The smallest absolute Gasteiger partial charge is 0.227 e. The molecule has 0 amide bonds. The summed E-state index contributed by atoms with van der Waals surface area (Å²) in [6.45, 7) is 4.61. The highest BCUT2D eigenvalue weighted by Crippen LogP contribution is 2.32. The Kier molecular flexibility index (Phi) is 5.08. The lowest BCUT2D eigenvalue weighted by Crippen LogP contribution is -2.13. The van der Waals surface area contributed by atoms with Crippen LogP contribution < -0.4 is 16.0 Å². The van der Waals surface area contributed by atoms with E-state index in [1.807, 2.05) is 38.1 Å². The van der Waals surface area contributed by atoms with Gasteiger partial charge in [-0.05, 0) is 23.6 Å². The first kappa shape index (κ1) is 15.2. The highest BCUT2D eigenvalue weighted by molar-refractivity contribution is 5.50. The molecule has 0 aliphatic carbocycles. The monoisotopic (exact) mass is 288 g/mol. The summed E-state index contributed by atoms with van der Waals surface area (Å²) in [6, 6.07) is 7.70. The predicted molar refractivity (Wildman–Crippen MR) is 81.2 cm³/mol. The number of ether oxygens (including phenoxy) is 2. The standard InChI is InChI=1S/C15H20N4O2/c1-10(2)13-14(19-16)17-9-18-15(13)21-12-6-4-5-11(7-12)8-20-3/h4-7,9-10H,8,16H2,1-3H3,(H,17,18,19). The number of hydrazine groups is 1. The zero-order chi connectivity index (χ0) is 15.2. The molecule has 0 saturated heterocycles. The van der Waals surface area contributed by atoms with Crippen molar-refractivity contribution in [3.63, 3.8) is 0 Å². The summed E-state index contributed by atoms with van der Waals surface area (Å²) in [5.74, 6) is 7.45. The molecule has 0 saturated carbocycles. The number of aromatic nitrogens is 2. The van der Waals surface area contributed by atoms with Crippen LogP contribution in [-0.2, 0) is 11.3 Å². The SMILES string of the molecule is COCc1cccc(Oc2ncnc(NN)c2C(C)C)c1. The van der Waals surface area contributed by atoms with E-state index in [2.05, 4.69) is 15.4 Å². The molecule has 1 aromatic carbocycles. The Bertz CT molecular complexity index is 602. The number of nitrogens with one attached hydrogen (secondary N) is 1. The first-order valence-electron chi connectivity index (χ1n) is 6.73. The van der Waals surface area contributed by atoms with E-state index < -0.39 is 0 Å². The van der Waals surface area contributed by atoms with Crippen LogP contribution in [0.25, 0.3) is 0 Å². The number of benzene rings is 1. The van der Waals surface area contributed by atoms with Gasteiger partial charge in [0.2, 0.25) is 5.88 Å². The average Bonchev–Trinajstić information content (AvgIpc) is 2.47. The maximum Gasteiger partial charge on any atom is 0.227 e. The normalized spacial score (nSPS) is 10.7. The zero-order valence-electron chi connectivity index (χ0n) is 12.5. The Morgan fingerprint density at radius 1 is 1.29 bits per heavy atom. The summed E-state index contributed by atoms with van der Waals surface area (Å²) < 4.78 is 11.0. The van der Waals surface area contributed by atoms with E-state index in [1.165, 1.54) is 6.33 Å². The molecule has 1 heterocycles. The highest BCUT2D eigenvalue weighted by Gasteiger charge is 2.16. The fraction of sp³-hybridized carbons (Fsp3) is 0.333. The van der Waals surface area contributed by atoms with Gasteiger partial charge in [0.15, 0.2) is 5.82 Å². The molecule has 0 radical (unpaired) electrons. The van der Waals surface area contributed by atoms with Gasteiger partial charge in [0.25, 0.3) is 0 Å². The molecule has 0 bridgehead atoms. The third kappa shape index (κ3) is 3.68. The van der Waals surface area contributed by atoms with Gasteiger partial charge < -0.3 is 14.9 Å². The predicted octanol–water partition coefficient (Wildman–Crippen LogP) is 2.82. The molecule has 1 aromatic heterocycles. The maximum absolute atomic E-state index is 5.90. The molecule has 0 aliphatic rings. The van der Waals surface area contributed by atoms with Crippen molar-refractivity contribution in [2.75, 3.05) is 12.5 Å². The van der Waals surface area contributed by atoms with E-state index in [1.54, 1.807) is 7.11 Å². The molecule has 3 N–H and O–H groups in total. The molecule has 21 heavy (non-hydrogen) atoms. The molecule has 0 atom stereocenters. The van der Waals surface area contributed by atoms with Crippen molar-refractivity contribution >= 4 is 5.82 Å². The van der Waals surface area contributed by atoms with Crippen LogP contribution in [0.1, 0.15) is 30.9 Å². The summed E-state index contributed by atoms with van der Waals surface area (Å²) >= 11 is 0. The van der Waals surface area contributed by atoms with E-state index in [9.17, 15) is 0 Å². The Morgan fingerprint density at radius 3 is 2.76 bits per heavy atom. The number of nitrogens with two attached hydrogens (primary N) is 1. The van der Waals surface area contributed by atoms with E-state index in [4.69, 9.17) is 15.3 Å². The topological polar surface area (TPSA) is 82.3 Å². The van der Waals surface area contributed by atoms with Crippen LogP contribution >= 0.6 is 0 Å². The van der Waals surface area contributed by atoms with E-state index in [-0.39, 0.29) is 5.92 Å². The number of rotatable bonds is 6. The van der Waals surface area contributed by atoms with Crippen molar-refractivity contribution < 1.29 is 9.47 Å². The van der Waals surface area contributed by atoms with Crippen molar-refractivity contribution in [1.29, 1.82) is 0 Å². The molecule has 0 fully saturated rings. The molecule has 0 aliphatic heterocycles. The number of hydrogen-bond donors (Lipinski definition) is 2. The number of nitrogen functional groups attached to an aromatic ring is 1. The lowest BCUT2D eigenvalue weighted by atomic mass is 10.1. The van der Waals surface area contributed by atoms with Gasteiger partial charge in [-0.25, -0.2) is 15.8 Å². The number of hydrogen-bond acceptors (Lipinski definition) is 6. The first-order valence-corrected chi connectivity index (χ1v) is 6.73. The summed E-state index contributed by atoms with van der Waals surface area (Å²) in [4.78, 5) is 8.34. The van der Waals surface area contributed by atoms with Crippen LogP contribution in [0.4, 0.5) is 5.82 Å². The fourth-order valence-corrected chi connectivity index (χ4v) is 2.07. The zero-order valence-corrected chi connectivity index (χ0v) is 12.5. The second-order valence-electron chi connectivity index (χ2n) is 4.92. The number of nitrogens with zero attached hydrogens (tertiary/aromatic N) is 2. The molecule has 0 unspecified atom stereocenters. The minimum atomic E-state index is 0.175. The van der Waals surface area contributed by atoms with Gasteiger partial charge >= 0.3 is 0 Å². The summed E-state index contributed by atoms with van der Waals surface area (Å²) in [7, 11) is 1.66. The third-order valence-electron chi connectivity index (χ3n) is 2.99. The van der Waals surface area contributed by atoms with Crippen molar-refractivity contribution in [3.8, 4) is 11.6 Å². The van der Waals surface area contributed by atoms with Crippen LogP contribution in [-0.4, -0.2) is 17.1 Å². The quantitative estimate of drug-likeness (QED) is 0.628. The molecule has 112 valence electrons. The van der Waals surface area contributed by atoms with Crippen molar-refractivity contribution in [3.05, 3.63) is 41.7 Å². The van der Waals surface area contributed by atoms with Gasteiger partial charge in [0, 0.05) is 7.11 Å². The van der Waals surface area contributed by atoms with Gasteiger partial charge in [0.1, 0.15) is 12.1 Å². The van der Waals surface area contributed by atoms with Crippen LogP contribution in [0, 0.1) is 0 Å². The number of anilines is 1. The van der Waals surface area contributed by atoms with Crippen molar-refractivity contribution in [1.82, 2.24) is 9.97 Å². The third-order valence-corrected chi connectivity index (χ3v) is 2.99. The lowest BCUT2D eigenvalue weighted by Gasteiger charge is -2.15. The number of methoxy groups -OCH3 is 1. The molecule has 6 nitrogen and oxygen atoms in total. The van der Waals surface area contributed by atoms with E-state index in [0.29, 0.717) is 24.1 Å². The largest absolute Gasteiger partial charge is 0.439 e. The molecular weight excluding hydrogens is 268 g/mol. The summed E-state index contributed by atoms with van der Waals surface area (Å²) in [6.07, 6.45) is 1.43. The van der Waals surface area contributed by atoms with E-state index in [0.717, 1.165) is 11.1 Å². The Balaban J connectivity index is 2.33. The minimum absolute atomic E-state index is 0.175. The second kappa shape index (κ2) is 7.01. The Morgan fingerprint density at radius 2 is 2.10 bits per heavy atom. The highest BCUT2D eigenvalue weighted by atomic mass is 16.5. The fourth-order valence-electron chi connectivity index (χ4n) is 2.07. The van der Waals surface area contributed by atoms with Crippen molar-refractivity contribution in [2.24, 2.45) is 5.84 Å². The van der Waals surface area contributed by atoms with Gasteiger partial charge in [-0.2, -0.15) is 0 Å². The lowest BCUT2D eigenvalue weighted by molar-refractivity contribution is 0.184. The average molecular weight is 288 g/mol. The molecule has 6 heteroatoms. The van der Waals surface area contributed by atoms with E-state index >= 15 is 0 Å². The summed E-state index contributed by atoms with van der Waals surface area (Å²) in [5.41, 5.74) is 4.46. The first-order chi connectivity index (χ1) is 10.2. The second-order valence-corrected chi connectivity index (χ2v) is 4.92. The summed E-state index contributed by atoms with van der Waals surface area (Å²) in [5, 5.41) is 0. The molecule has 2 rings (SSSR count). The van der Waals surface area contributed by atoms with Crippen LogP contribution in [0.15, 0.2) is 30.6 Å². The molecule has 2 aromatic rings. The van der Waals surface area contributed by atoms with Crippen LogP contribution in [0.3, 0.4) is 0 Å². The van der Waals surface area contributed by atoms with Crippen LogP contribution in [0.5, 0.6) is 11.6 Å².